The van der Waals surface area contributed by atoms with Gasteiger partial charge in [-0.2, -0.15) is 5.26 Å². The zero-order valence-electron chi connectivity index (χ0n) is 17.9. The van der Waals surface area contributed by atoms with E-state index in [9.17, 15) is 15.2 Å². The van der Waals surface area contributed by atoms with Gasteiger partial charge in [0.2, 0.25) is 0 Å². The van der Waals surface area contributed by atoms with Crippen LogP contribution in [-0.4, -0.2) is 22.8 Å². The zero-order valence-corrected chi connectivity index (χ0v) is 17.9. The van der Waals surface area contributed by atoms with Crippen molar-refractivity contribution in [1.29, 1.82) is 5.26 Å². The summed E-state index contributed by atoms with van der Waals surface area (Å²) in [6.45, 7) is 2.39. The van der Waals surface area contributed by atoms with Crippen molar-refractivity contribution in [3.63, 3.8) is 0 Å². The maximum Gasteiger partial charge on any atom is 0.146 e. The third kappa shape index (κ3) is 4.33. The Bertz CT molecular complexity index is 1220. The van der Waals surface area contributed by atoms with Crippen molar-refractivity contribution in [1.82, 2.24) is 4.90 Å². The Morgan fingerprint density at radius 3 is 2.41 bits per heavy atom. The van der Waals surface area contributed by atoms with Crippen LogP contribution in [0.1, 0.15) is 29.7 Å². The number of aldehydes is 1. The first-order valence-corrected chi connectivity index (χ1v) is 10.6. The smallest absolute Gasteiger partial charge is 0.146 e. The molecule has 158 valence electrons. The molecule has 1 aliphatic rings. The number of hydrogen-bond acceptors (Lipinski definition) is 4. The number of nitrogens with zero attached hydrogens (tertiary/aromatic N) is 2. The fraction of sp³-hybridized carbons (Fsp3) is 0.143. The highest BCUT2D eigenvalue weighted by molar-refractivity contribution is 5.70. The summed E-state index contributed by atoms with van der Waals surface area (Å²) in [5, 5.41) is 20.0. The summed E-state index contributed by atoms with van der Waals surface area (Å²) < 4.78 is 0. The molecule has 1 heterocycles. The lowest BCUT2D eigenvalue weighted by Gasteiger charge is -2.35. The number of aliphatic hydroxyl groups excluding tert-OH is 1. The molecular formula is C28H24N2O2. The lowest BCUT2D eigenvalue weighted by Crippen LogP contribution is -2.33. The molecule has 0 radical (unpaired) electrons. The lowest BCUT2D eigenvalue weighted by atomic mass is 9.95. The fourth-order valence-corrected chi connectivity index (χ4v) is 4.12. The Labute approximate surface area is 188 Å². The third-order valence-corrected chi connectivity index (χ3v) is 5.86. The van der Waals surface area contributed by atoms with Crippen LogP contribution in [0.5, 0.6) is 0 Å². The van der Waals surface area contributed by atoms with Crippen LogP contribution >= 0.6 is 0 Å². The van der Waals surface area contributed by atoms with Crippen molar-refractivity contribution in [3.05, 3.63) is 119 Å². The predicted molar refractivity (Wildman–Crippen MR) is 126 cm³/mol. The Morgan fingerprint density at radius 2 is 1.72 bits per heavy atom. The molecule has 0 bridgehead atoms. The van der Waals surface area contributed by atoms with E-state index in [-0.39, 0.29) is 5.76 Å². The van der Waals surface area contributed by atoms with E-state index in [2.05, 4.69) is 6.07 Å². The van der Waals surface area contributed by atoms with Crippen molar-refractivity contribution < 1.29 is 9.90 Å². The van der Waals surface area contributed by atoms with Crippen LogP contribution in [0, 0.1) is 11.3 Å². The maximum atomic E-state index is 12.0. The van der Waals surface area contributed by atoms with Crippen molar-refractivity contribution in [2.75, 3.05) is 6.54 Å². The fourth-order valence-electron chi connectivity index (χ4n) is 4.12. The Kier molecular flexibility index (Phi) is 6.19. The van der Waals surface area contributed by atoms with Crippen molar-refractivity contribution >= 4 is 6.29 Å². The minimum Gasteiger partial charge on any atom is -0.508 e. The Balaban J connectivity index is 1.56. The molecule has 3 aromatic rings. The molecule has 0 aromatic heterocycles. The van der Waals surface area contributed by atoms with E-state index in [0.29, 0.717) is 18.5 Å². The van der Waals surface area contributed by atoms with Gasteiger partial charge >= 0.3 is 0 Å². The van der Waals surface area contributed by atoms with Crippen molar-refractivity contribution in [3.8, 4) is 17.2 Å². The highest BCUT2D eigenvalue weighted by Crippen LogP contribution is 2.30. The van der Waals surface area contributed by atoms with Gasteiger partial charge in [0.1, 0.15) is 18.1 Å². The lowest BCUT2D eigenvalue weighted by molar-refractivity contribution is -0.112. The summed E-state index contributed by atoms with van der Waals surface area (Å²) >= 11 is 0. The molecule has 4 nitrogen and oxygen atoms in total. The van der Waals surface area contributed by atoms with Crippen molar-refractivity contribution in [2.45, 2.75) is 19.4 Å². The molecule has 1 unspecified atom stereocenters. The second-order valence-electron chi connectivity index (χ2n) is 7.93. The summed E-state index contributed by atoms with van der Waals surface area (Å²) in [7, 11) is 0. The molecule has 4 rings (SSSR count). The molecule has 32 heavy (non-hydrogen) atoms. The zero-order chi connectivity index (χ0) is 22.5. The Hall–Kier alpha value is -4.10. The quantitative estimate of drug-likeness (QED) is 0.517. The van der Waals surface area contributed by atoms with Gasteiger partial charge in [-0.15, -0.1) is 0 Å². The van der Waals surface area contributed by atoms with E-state index >= 15 is 0 Å². The van der Waals surface area contributed by atoms with Gasteiger partial charge in [-0.3, -0.25) is 0 Å². The van der Waals surface area contributed by atoms with Crippen molar-refractivity contribution in [2.24, 2.45) is 0 Å². The number of benzene rings is 3. The monoisotopic (exact) mass is 420 g/mol. The summed E-state index contributed by atoms with van der Waals surface area (Å²) in [5.41, 5.74) is 6.23. The van der Waals surface area contributed by atoms with E-state index in [1.54, 1.807) is 6.08 Å². The molecule has 1 N–H and O–H groups in total. The van der Waals surface area contributed by atoms with Crippen LogP contribution in [-0.2, 0) is 11.2 Å². The first kappa shape index (κ1) is 21.1. The number of allylic oxidation sites excluding steroid dienone is 2. The first-order chi connectivity index (χ1) is 15.6. The van der Waals surface area contributed by atoms with Gasteiger partial charge in [0.05, 0.1) is 11.6 Å². The number of nitriles is 1. The second kappa shape index (κ2) is 9.36. The first-order valence-electron chi connectivity index (χ1n) is 10.6. The van der Waals surface area contributed by atoms with Crippen LogP contribution < -0.4 is 0 Å². The van der Waals surface area contributed by atoms with Gasteiger partial charge in [-0.05, 0) is 53.3 Å². The van der Waals surface area contributed by atoms with Crippen LogP contribution in [0.25, 0.3) is 11.1 Å². The number of carbonyl (C=O) groups excluding carboxylic acids is 1. The normalized spacial score (nSPS) is 14.5. The standard InChI is InChI=1S/C28H24N2O2/c1-20-15-28(32)25(18-30(20)27(19-31)23-7-3-2-4-8-23)16-21-11-13-22(14-12-21)26-10-6-5-9-24(26)17-29/h2-15,19,27,32H,16,18H2,1H3. The molecule has 0 amide bonds. The average molecular weight is 421 g/mol. The van der Waals surface area contributed by atoms with Crippen LogP contribution in [0.15, 0.2) is 102 Å². The van der Waals surface area contributed by atoms with Crippen LogP contribution in [0.2, 0.25) is 0 Å². The van der Waals surface area contributed by atoms with Gasteiger partial charge in [0.15, 0.2) is 0 Å². The average Bonchev–Trinajstić information content (AvgIpc) is 2.83. The molecule has 3 aromatic carbocycles. The van der Waals surface area contributed by atoms with Crippen LogP contribution in [0.4, 0.5) is 0 Å². The molecule has 1 atom stereocenters. The highest BCUT2D eigenvalue weighted by atomic mass is 16.3. The minimum absolute atomic E-state index is 0.260. The van der Waals surface area contributed by atoms with Gasteiger partial charge in [0.25, 0.3) is 0 Å². The summed E-state index contributed by atoms with van der Waals surface area (Å²) in [6, 6.07) is 27.1. The van der Waals surface area contributed by atoms with E-state index in [1.807, 2.05) is 90.7 Å². The summed E-state index contributed by atoms with van der Waals surface area (Å²) in [6.07, 6.45) is 3.26. The highest BCUT2D eigenvalue weighted by Gasteiger charge is 2.25. The van der Waals surface area contributed by atoms with E-state index < -0.39 is 6.04 Å². The van der Waals surface area contributed by atoms with E-state index in [1.165, 1.54) is 0 Å². The molecule has 0 saturated carbocycles. The van der Waals surface area contributed by atoms with Gasteiger partial charge in [0, 0.05) is 12.2 Å². The number of hydrogen-bond donors (Lipinski definition) is 1. The molecule has 0 aliphatic carbocycles. The predicted octanol–water partition coefficient (Wildman–Crippen LogP) is 5.74. The summed E-state index contributed by atoms with van der Waals surface area (Å²) in [5.74, 6) is 0.260. The van der Waals surface area contributed by atoms with Gasteiger partial charge < -0.3 is 14.8 Å². The third-order valence-electron chi connectivity index (χ3n) is 5.86. The molecule has 0 saturated heterocycles. The van der Waals surface area contributed by atoms with E-state index in [4.69, 9.17) is 0 Å². The molecular weight excluding hydrogens is 396 g/mol. The maximum absolute atomic E-state index is 12.0. The minimum atomic E-state index is -0.402. The number of aliphatic hydroxyl groups is 1. The molecule has 0 spiro atoms. The number of carbonyl (C=O) groups is 1. The van der Waals surface area contributed by atoms with Gasteiger partial charge in [-0.25, -0.2) is 0 Å². The second-order valence-corrected chi connectivity index (χ2v) is 7.93. The summed E-state index contributed by atoms with van der Waals surface area (Å²) in [4.78, 5) is 14.0. The van der Waals surface area contributed by atoms with Gasteiger partial charge in [-0.1, -0.05) is 72.8 Å². The molecule has 0 fully saturated rings. The molecule has 1 aliphatic heterocycles. The molecule has 4 heteroatoms. The SMILES string of the molecule is CC1=CC(O)=C(Cc2ccc(-c3ccccc3C#N)cc2)CN1C(C=O)c1ccccc1. The van der Waals surface area contributed by atoms with Crippen LogP contribution in [0.3, 0.4) is 0 Å². The topological polar surface area (TPSA) is 64.3 Å². The number of rotatable bonds is 6. The van der Waals surface area contributed by atoms with E-state index in [0.717, 1.165) is 39.8 Å². The Morgan fingerprint density at radius 1 is 1.03 bits per heavy atom. The largest absolute Gasteiger partial charge is 0.508 e.